The third kappa shape index (κ3) is 3.28. The van der Waals surface area contributed by atoms with Gasteiger partial charge in [0.05, 0.1) is 5.69 Å². The van der Waals surface area contributed by atoms with Crippen LogP contribution in [0, 0.1) is 0 Å². The summed E-state index contributed by atoms with van der Waals surface area (Å²) in [7, 11) is 3.94. The second-order valence-electron chi connectivity index (χ2n) is 3.52. The largest absolute Gasteiger partial charge is 0.396 e. The number of anilines is 3. The highest BCUT2D eigenvalue weighted by molar-refractivity contribution is 5.61. The monoisotopic (exact) mass is 209 g/mol. The molecule has 0 bridgehead atoms. The average molecular weight is 209 g/mol. The van der Waals surface area contributed by atoms with Gasteiger partial charge in [-0.05, 0) is 32.1 Å². The Hall–Kier alpha value is -1.49. The topological polar surface area (TPSA) is 80.2 Å². The predicted molar refractivity (Wildman–Crippen MR) is 64.9 cm³/mol. The molecule has 0 atom stereocenters. The molecule has 5 N–H and O–H groups in total. The van der Waals surface area contributed by atoms with Gasteiger partial charge in [0.25, 0.3) is 0 Å². The molecule has 0 aromatic carbocycles. The fourth-order valence-electron chi connectivity index (χ4n) is 1.30. The molecule has 0 unspecified atom stereocenters. The molecule has 84 valence electrons. The minimum atomic E-state index is 0.396. The van der Waals surface area contributed by atoms with Crippen LogP contribution in [0.2, 0.25) is 0 Å². The lowest BCUT2D eigenvalue weighted by Crippen LogP contribution is -2.23. The van der Waals surface area contributed by atoms with Gasteiger partial charge in [0.15, 0.2) is 0 Å². The molecule has 5 heteroatoms. The summed E-state index contributed by atoms with van der Waals surface area (Å²) < 4.78 is 0. The maximum Gasteiger partial charge on any atom is 0.149 e. The smallest absolute Gasteiger partial charge is 0.149 e. The van der Waals surface area contributed by atoms with E-state index in [1.807, 2.05) is 20.2 Å². The van der Waals surface area contributed by atoms with Gasteiger partial charge in [0.1, 0.15) is 11.6 Å². The highest BCUT2D eigenvalue weighted by Gasteiger charge is 2.03. The minimum absolute atomic E-state index is 0.396. The number of rotatable bonds is 5. The van der Waals surface area contributed by atoms with E-state index < -0.39 is 0 Å². The summed E-state index contributed by atoms with van der Waals surface area (Å²) in [6.07, 6.45) is 1.07. The fraction of sp³-hybridized carbons (Fsp3) is 0.500. The molecule has 0 amide bonds. The Balaban J connectivity index is 2.57. The van der Waals surface area contributed by atoms with E-state index in [4.69, 9.17) is 11.5 Å². The predicted octanol–water partition coefficient (Wildman–Crippen LogP) is 0.292. The summed E-state index contributed by atoms with van der Waals surface area (Å²) in [5.74, 6) is 1.26. The van der Waals surface area contributed by atoms with Crippen LogP contribution in [0.1, 0.15) is 6.42 Å². The second kappa shape index (κ2) is 5.41. The van der Waals surface area contributed by atoms with Crippen molar-refractivity contribution in [2.45, 2.75) is 6.42 Å². The van der Waals surface area contributed by atoms with E-state index in [-0.39, 0.29) is 0 Å². The molecule has 15 heavy (non-hydrogen) atoms. The molecule has 0 aliphatic carbocycles. The number of nitrogens with two attached hydrogens (primary N) is 2. The van der Waals surface area contributed by atoms with E-state index in [2.05, 4.69) is 15.2 Å². The first-order valence-corrected chi connectivity index (χ1v) is 5.03. The summed E-state index contributed by atoms with van der Waals surface area (Å²) >= 11 is 0. The van der Waals surface area contributed by atoms with Crippen LogP contribution in [0.3, 0.4) is 0 Å². The molecule has 0 saturated carbocycles. The standard InChI is InChI=1S/C10H19N5/c1-13-6-3-7-15(2)9-5-4-8(11)10(12)14-9/h4-5,13H,3,6-7,11H2,1-2H3,(H2,12,14). The number of aromatic nitrogens is 1. The highest BCUT2D eigenvalue weighted by Crippen LogP contribution is 2.17. The van der Waals surface area contributed by atoms with Crippen molar-refractivity contribution < 1.29 is 0 Å². The Morgan fingerprint density at radius 2 is 2.13 bits per heavy atom. The van der Waals surface area contributed by atoms with Crippen molar-refractivity contribution in [2.75, 3.05) is 43.6 Å². The van der Waals surface area contributed by atoms with Crippen molar-refractivity contribution in [1.82, 2.24) is 10.3 Å². The van der Waals surface area contributed by atoms with Gasteiger partial charge in [-0.2, -0.15) is 0 Å². The van der Waals surface area contributed by atoms with Crippen molar-refractivity contribution in [1.29, 1.82) is 0 Å². The first kappa shape index (κ1) is 11.6. The van der Waals surface area contributed by atoms with Crippen LogP contribution in [0.15, 0.2) is 12.1 Å². The average Bonchev–Trinajstić information content (AvgIpc) is 2.22. The summed E-state index contributed by atoms with van der Waals surface area (Å²) in [5, 5.41) is 3.10. The Morgan fingerprint density at radius 1 is 1.40 bits per heavy atom. The van der Waals surface area contributed by atoms with Crippen molar-refractivity contribution >= 4 is 17.3 Å². The van der Waals surface area contributed by atoms with Crippen LogP contribution in [0.5, 0.6) is 0 Å². The fourth-order valence-corrected chi connectivity index (χ4v) is 1.30. The lowest BCUT2D eigenvalue weighted by atomic mass is 10.3. The van der Waals surface area contributed by atoms with E-state index >= 15 is 0 Å². The van der Waals surface area contributed by atoms with Gasteiger partial charge in [0, 0.05) is 13.6 Å². The van der Waals surface area contributed by atoms with Crippen molar-refractivity contribution in [3.8, 4) is 0 Å². The van der Waals surface area contributed by atoms with Crippen LogP contribution in [-0.2, 0) is 0 Å². The molecule has 1 aromatic heterocycles. The van der Waals surface area contributed by atoms with Gasteiger partial charge >= 0.3 is 0 Å². The van der Waals surface area contributed by atoms with Gasteiger partial charge in [-0.25, -0.2) is 4.98 Å². The number of nitrogens with one attached hydrogen (secondary N) is 1. The van der Waals surface area contributed by atoms with Crippen LogP contribution >= 0.6 is 0 Å². The zero-order chi connectivity index (χ0) is 11.3. The molecular weight excluding hydrogens is 190 g/mol. The summed E-state index contributed by atoms with van der Waals surface area (Å²) in [4.78, 5) is 6.27. The lowest BCUT2D eigenvalue weighted by Gasteiger charge is -2.18. The van der Waals surface area contributed by atoms with E-state index in [0.29, 0.717) is 11.5 Å². The van der Waals surface area contributed by atoms with E-state index in [9.17, 15) is 0 Å². The zero-order valence-corrected chi connectivity index (χ0v) is 9.33. The number of pyridine rings is 1. The van der Waals surface area contributed by atoms with Gasteiger partial charge in [-0.1, -0.05) is 0 Å². The zero-order valence-electron chi connectivity index (χ0n) is 9.33. The highest BCUT2D eigenvalue weighted by atomic mass is 15.2. The normalized spacial score (nSPS) is 10.3. The molecule has 0 saturated heterocycles. The molecule has 0 radical (unpaired) electrons. The van der Waals surface area contributed by atoms with Gasteiger partial charge < -0.3 is 21.7 Å². The Labute approximate surface area is 90.5 Å². The van der Waals surface area contributed by atoms with Crippen molar-refractivity contribution in [3.05, 3.63) is 12.1 Å². The summed E-state index contributed by atoms with van der Waals surface area (Å²) in [5.41, 5.74) is 11.8. The number of hydrogen-bond acceptors (Lipinski definition) is 5. The van der Waals surface area contributed by atoms with Gasteiger partial charge in [0.2, 0.25) is 0 Å². The third-order valence-corrected chi connectivity index (χ3v) is 2.25. The Morgan fingerprint density at radius 3 is 2.73 bits per heavy atom. The SMILES string of the molecule is CNCCCN(C)c1ccc(N)c(N)n1. The maximum absolute atomic E-state index is 5.64. The van der Waals surface area contributed by atoms with Crippen LogP contribution in [0.4, 0.5) is 17.3 Å². The van der Waals surface area contributed by atoms with E-state index in [0.717, 1.165) is 25.3 Å². The minimum Gasteiger partial charge on any atom is -0.396 e. The molecule has 1 heterocycles. The van der Waals surface area contributed by atoms with Crippen molar-refractivity contribution in [2.24, 2.45) is 0 Å². The lowest BCUT2D eigenvalue weighted by molar-refractivity contribution is 0.709. The van der Waals surface area contributed by atoms with E-state index in [1.165, 1.54) is 0 Å². The molecule has 1 aromatic rings. The second-order valence-corrected chi connectivity index (χ2v) is 3.52. The Bertz CT molecular complexity index is 313. The molecule has 5 nitrogen and oxygen atoms in total. The molecule has 0 aliphatic rings. The molecular formula is C10H19N5. The maximum atomic E-state index is 5.64. The van der Waals surface area contributed by atoms with Crippen LogP contribution in [0.25, 0.3) is 0 Å². The molecule has 0 aliphatic heterocycles. The summed E-state index contributed by atoms with van der Waals surface area (Å²) in [6.45, 7) is 1.94. The number of nitrogens with zero attached hydrogens (tertiary/aromatic N) is 2. The third-order valence-electron chi connectivity index (χ3n) is 2.25. The number of nitrogen functional groups attached to an aromatic ring is 2. The number of hydrogen-bond donors (Lipinski definition) is 3. The van der Waals surface area contributed by atoms with E-state index in [1.54, 1.807) is 6.07 Å². The first-order valence-electron chi connectivity index (χ1n) is 5.03. The van der Waals surface area contributed by atoms with Gasteiger partial charge in [-0.3, -0.25) is 0 Å². The van der Waals surface area contributed by atoms with Crippen molar-refractivity contribution in [3.63, 3.8) is 0 Å². The first-order chi connectivity index (χ1) is 7.15. The quantitative estimate of drug-likeness (QED) is 0.607. The van der Waals surface area contributed by atoms with Gasteiger partial charge in [-0.15, -0.1) is 0 Å². The Kier molecular flexibility index (Phi) is 4.17. The van der Waals surface area contributed by atoms with Crippen LogP contribution < -0.4 is 21.7 Å². The molecule has 0 spiro atoms. The molecule has 0 fully saturated rings. The summed E-state index contributed by atoms with van der Waals surface area (Å²) in [6, 6.07) is 3.66. The van der Waals surface area contributed by atoms with Crippen LogP contribution in [-0.4, -0.2) is 32.2 Å². The molecule has 1 rings (SSSR count).